The van der Waals surface area contributed by atoms with Gasteiger partial charge in [0.2, 0.25) is 5.91 Å². The molecule has 2 fully saturated rings. The van der Waals surface area contributed by atoms with E-state index in [4.69, 9.17) is 16.3 Å². The third-order valence-corrected chi connectivity index (χ3v) is 4.99. The predicted molar refractivity (Wildman–Crippen MR) is 90.7 cm³/mol. The molecule has 2 amide bonds. The zero-order valence-electron chi connectivity index (χ0n) is 13.6. The Balaban J connectivity index is 1.80. The van der Waals surface area contributed by atoms with Crippen LogP contribution in [0.2, 0.25) is 5.02 Å². The molecular formula is C17H22ClN3O3. The molecule has 3 rings (SSSR count). The van der Waals surface area contributed by atoms with Crippen molar-refractivity contribution in [3.05, 3.63) is 34.9 Å². The van der Waals surface area contributed by atoms with Crippen molar-refractivity contribution in [2.75, 3.05) is 19.7 Å². The second-order valence-electron chi connectivity index (χ2n) is 6.60. The molecule has 0 aromatic heterocycles. The number of rotatable bonds is 3. The molecule has 0 radical (unpaired) electrons. The molecule has 6 nitrogen and oxygen atoms in total. The number of amides is 2. The summed E-state index contributed by atoms with van der Waals surface area (Å²) in [6, 6.07) is 6.58. The van der Waals surface area contributed by atoms with E-state index in [0.29, 0.717) is 10.6 Å². The molecule has 2 unspecified atom stereocenters. The van der Waals surface area contributed by atoms with Crippen molar-refractivity contribution >= 4 is 23.4 Å². The van der Waals surface area contributed by atoms with Crippen molar-refractivity contribution in [1.82, 2.24) is 16.0 Å². The maximum Gasteiger partial charge on any atom is 0.252 e. The molecule has 2 atom stereocenters. The average molecular weight is 352 g/mol. The van der Waals surface area contributed by atoms with E-state index in [1.807, 2.05) is 19.1 Å². The maximum atomic E-state index is 12.8. The Labute approximate surface area is 146 Å². The topological polar surface area (TPSA) is 79.5 Å². The smallest absolute Gasteiger partial charge is 0.252 e. The number of hydrogen-bond donors (Lipinski definition) is 3. The van der Waals surface area contributed by atoms with E-state index in [-0.39, 0.29) is 24.0 Å². The van der Waals surface area contributed by atoms with Crippen LogP contribution in [-0.2, 0) is 14.3 Å². The van der Waals surface area contributed by atoms with Gasteiger partial charge in [-0.3, -0.25) is 9.59 Å². The van der Waals surface area contributed by atoms with Crippen molar-refractivity contribution in [3.8, 4) is 0 Å². The average Bonchev–Trinajstić information content (AvgIpc) is 2.55. The highest BCUT2D eigenvalue weighted by Gasteiger charge is 2.39. The number of halogens is 1. The number of carbonyl (C=O) groups is 2. The van der Waals surface area contributed by atoms with Gasteiger partial charge in [-0.15, -0.1) is 0 Å². The van der Waals surface area contributed by atoms with Gasteiger partial charge in [0.15, 0.2) is 6.10 Å². The molecular weight excluding hydrogens is 330 g/mol. The van der Waals surface area contributed by atoms with Gasteiger partial charge in [0.1, 0.15) is 6.61 Å². The highest BCUT2D eigenvalue weighted by Crippen LogP contribution is 2.29. The van der Waals surface area contributed by atoms with E-state index >= 15 is 0 Å². The number of morpholine rings is 1. The van der Waals surface area contributed by atoms with E-state index in [9.17, 15) is 9.59 Å². The lowest BCUT2D eigenvalue weighted by atomic mass is 9.89. The summed E-state index contributed by atoms with van der Waals surface area (Å²) in [4.78, 5) is 24.6. The molecule has 2 aliphatic heterocycles. The second kappa shape index (κ2) is 7.09. The van der Waals surface area contributed by atoms with Crippen LogP contribution in [0, 0.1) is 0 Å². The summed E-state index contributed by atoms with van der Waals surface area (Å²) in [5.74, 6) is -0.471. The van der Waals surface area contributed by atoms with Gasteiger partial charge in [0.05, 0.1) is 6.04 Å². The lowest BCUT2D eigenvalue weighted by Gasteiger charge is -2.38. The molecule has 0 saturated carbocycles. The van der Waals surface area contributed by atoms with E-state index in [1.165, 1.54) is 0 Å². The van der Waals surface area contributed by atoms with Crippen LogP contribution in [0.5, 0.6) is 0 Å². The molecule has 0 bridgehead atoms. The first-order chi connectivity index (χ1) is 11.5. The molecule has 2 aliphatic rings. The van der Waals surface area contributed by atoms with Gasteiger partial charge in [-0.1, -0.05) is 29.8 Å². The van der Waals surface area contributed by atoms with Crippen LogP contribution in [-0.4, -0.2) is 43.2 Å². The summed E-state index contributed by atoms with van der Waals surface area (Å²) in [5.41, 5.74) is 0.417. The van der Waals surface area contributed by atoms with Crippen molar-refractivity contribution < 1.29 is 14.3 Å². The summed E-state index contributed by atoms with van der Waals surface area (Å²) in [6.07, 6.45) is 0.915. The summed E-state index contributed by atoms with van der Waals surface area (Å²) >= 11 is 6.25. The maximum absolute atomic E-state index is 12.8. The zero-order valence-corrected chi connectivity index (χ0v) is 14.4. The highest BCUT2D eigenvalue weighted by atomic mass is 35.5. The molecule has 0 spiro atoms. The molecule has 2 heterocycles. The van der Waals surface area contributed by atoms with E-state index in [2.05, 4.69) is 16.0 Å². The van der Waals surface area contributed by atoms with Gasteiger partial charge in [-0.25, -0.2) is 0 Å². The number of piperidine rings is 1. The van der Waals surface area contributed by atoms with Crippen molar-refractivity contribution in [3.63, 3.8) is 0 Å². The summed E-state index contributed by atoms with van der Waals surface area (Å²) < 4.78 is 5.56. The molecule has 1 aromatic rings. The minimum absolute atomic E-state index is 0.128. The van der Waals surface area contributed by atoms with E-state index in [0.717, 1.165) is 25.9 Å². The third kappa shape index (κ3) is 3.71. The van der Waals surface area contributed by atoms with E-state index in [1.54, 1.807) is 12.1 Å². The molecule has 130 valence electrons. The Bertz CT molecular complexity index is 631. The third-order valence-electron chi connectivity index (χ3n) is 4.64. The standard InChI is InChI=1S/C17H22ClN3O3/c1-17(6-8-19-9-7-17)21-16(23)15-14(20-13(22)10-24-15)11-4-2-3-5-12(11)18/h2-5,14-15,19H,6-10H2,1H3,(H,20,22)(H,21,23). The minimum atomic E-state index is -0.797. The van der Waals surface area contributed by atoms with Crippen LogP contribution < -0.4 is 16.0 Å². The van der Waals surface area contributed by atoms with Crippen molar-refractivity contribution in [1.29, 1.82) is 0 Å². The summed E-state index contributed by atoms with van der Waals surface area (Å²) in [7, 11) is 0. The van der Waals surface area contributed by atoms with Gasteiger partial charge >= 0.3 is 0 Å². The Morgan fingerprint density at radius 2 is 2.04 bits per heavy atom. The van der Waals surface area contributed by atoms with Crippen LogP contribution in [0.3, 0.4) is 0 Å². The molecule has 1 aromatic carbocycles. The van der Waals surface area contributed by atoms with Crippen LogP contribution >= 0.6 is 11.6 Å². The Morgan fingerprint density at radius 1 is 1.33 bits per heavy atom. The number of benzene rings is 1. The van der Waals surface area contributed by atoms with Crippen LogP contribution in [0.15, 0.2) is 24.3 Å². The first-order valence-electron chi connectivity index (χ1n) is 8.17. The second-order valence-corrected chi connectivity index (χ2v) is 7.01. The molecule has 2 saturated heterocycles. The molecule has 0 aliphatic carbocycles. The fourth-order valence-corrected chi connectivity index (χ4v) is 3.47. The lowest BCUT2D eigenvalue weighted by molar-refractivity contribution is -0.149. The molecule has 3 N–H and O–H groups in total. The van der Waals surface area contributed by atoms with Gasteiger partial charge < -0.3 is 20.7 Å². The van der Waals surface area contributed by atoms with Crippen LogP contribution in [0.25, 0.3) is 0 Å². The normalized spacial score (nSPS) is 26.5. The van der Waals surface area contributed by atoms with Gasteiger partial charge in [-0.2, -0.15) is 0 Å². The number of ether oxygens (including phenoxy) is 1. The van der Waals surface area contributed by atoms with Gasteiger partial charge in [-0.05, 0) is 44.5 Å². The Hall–Kier alpha value is -1.63. The van der Waals surface area contributed by atoms with Gasteiger partial charge in [0, 0.05) is 10.6 Å². The van der Waals surface area contributed by atoms with E-state index < -0.39 is 12.1 Å². The van der Waals surface area contributed by atoms with Gasteiger partial charge in [0.25, 0.3) is 5.91 Å². The van der Waals surface area contributed by atoms with Crippen LogP contribution in [0.1, 0.15) is 31.4 Å². The Morgan fingerprint density at radius 3 is 2.75 bits per heavy atom. The first-order valence-corrected chi connectivity index (χ1v) is 8.54. The van der Waals surface area contributed by atoms with Crippen LogP contribution in [0.4, 0.5) is 0 Å². The zero-order chi connectivity index (χ0) is 17.2. The monoisotopic (exact) mass is 351 g/mol. The fraction of sp³-hybridized carbons (Fsp3) is 0.529. The summed E-state index contributed by atoms with van der Waals surface area (Å²) in [6.45, 7) is 3.65. The lowest BCUT2D eigenvalue weighted by Crippen LogP contribution is -2.59. The Kier molecular flexibility index (Phi) is 5.08. The molecule has 24 heavy (non-hydrogen) atoms. The number of carbonyl (C=O) groups excluding carboxylic acids is 2. The quantitative estimate of drug-likeness (QED) is 0.763. The minimum Gasteiger partial charge on any atom is -0.356 e. The first kappa shape index (κ1) is 17.2. The highest BCUT2D eigenvalue weighted by molar-refractivity contribution is 6.31. The summed E-state index contributed by atoms with van der Waals surface area (Å²) in [5, 5.41) is 9.72. The fourth-order valence-electron chi connectivity index (χ4n) is 3.22. The van der Waals surface area contributed by atoms with Crippen molar-refractivity contribution in [2.24, 2.45) is 0 Å². The largest absolute Gasteiger partial charge is 0.356 e. The van der Waals surface area contributed by atoms with Crippen molar-refractivity contribution in [2.45, 2.75) is 37.5 Å². The SMILES string of the molecule is CC1(NC(=O)C2OCC(=O)NC2c2ccccc2Cl)CCNCC1. The predicted octanol–water partition coefficient (Wildman–Crippen LogP) is 1.15. The number of nitrogens with one attached hydrogen (secondary N) is 3. The number of hydrogen-bond acceptors (Lipinski definition) is 4. The molecule has 7 heteroatoms.